The first-order chi connectivity index (χ1) is 12.5. The predicted octanol–water partition coefficient (Wildman–Crippen LogP) is 3.37. The van der Waals surface area contributed by atoms with Crippen molar-refractivity contribution < 1.29 is 18.3 Å². The Morgan fingerprint density at radius 3 is 2.77 bits per heavy atom. The largest absolute Gasteiger partial charge is 0.458 e. The Morgan fingerprint density at radius 1 is 1.23 bits per heavy atom. The molecule has 0 spiro atoms. The van der Waals surface area contributed by atoms with Crippen LogP contribution in [0.1, 0.15) is 25.0 Å². The number of esters is 1. The van der Waals surface area contributed by atoms with Crippen LogP contribution in [0, 0.1) is 11.6 Å². The molecular weight excluding hydrogens is 342 g/mol. The van der Waals surface area contributed by atoms with Gasteiger partial charge in [0.1, 0.15) is 17.7 Å². The first-order valence-corrected chi connectivity index (χ1v) is 8.04. The minimum atomic E-state index is -0.866. The zero-order valence-electron chi connectivity index (χ0n) is 14.0. The van der Waals surface area contributed by atoms with Crippen molar-refractivity contribution >= 4 is 16.9 Å². The summed E-state index contributed by atoms with van der Waals surface area (Å²) >= 11 is 0. The lowest BCUT2D eigenvalue weighted by atomic mass is 10.1. The number of fused-ring (bicyclic) bond motifs is 1. The molecule has 0 aliphatic heterocycles. The monoisotopic (exact) mass is 358 g/mol. The third kappa shape index (κ3) is 3.77. The summed E-state index contributed by atoms with van der Waals surface area (Å²) in [6.45, 7) is 1.59. The second-order valence-corrected chi connectivity index (χ2v) is 5.81. The molecule has 0 saturated heterocycles. The van der Waals surface area contributed by atoms with E-state index in [-0.39, 0.29) is 24.1 Å². The van der Waals surface area contributed by atoms with Gasteiger partial charge in [0, 0.05) is 18.2 Å². The van der Waals surface area contributed by atoms with Crippen LogP contribution >= 0.6 is 0 Å². The molecule has 3 aromatic rings. The maximum atomic E-state index is 13.7. The average molecular weight is 358 g/mol. The predicted molar refractivity (Wildman–Crippen MR) is 91.5 cm³/mol. The van der Waals surface area contributed by atoms with Crippen molar-refractivity contribution in [3.05, 3.63) is 76.3 Å². The van der Waals surface area contributed by atoms with Gasteiger partial charge in [0.25, 0.3) is 5.56 Å². The lowest BCUT2D eigenvalue weighted by Crippen LogP contribution is -2.22. The zero-order valence-corrected chi connectivity index (χ0v) is 14.0. The van der Waals surface area contributed by atoms with E-state index in [0.717, 1.165) is 12.1 Å². The average Bonchev–Trinajstić information content (AvgIpc) is 2.61. The molecule has 2 aromatic carbocycles. The van der Waals surface area contributed by atoms with Crippen molar-refractivity contribution in [1.29, 1.82) is 0 Å². The number of para-hydroxylation sites is 1. The Balaban J connectivity index is 1.66. The zero-order chi connectivity index (χ0) is 18.7. The van der Waals surface area contributed by atoms with Gasteiger partial charge in [0.2, 0.25) is 0 Å². The Bertz CT molecular complexity index is 1020. The van der Waals surface area contributed by atoms with Crippen molar-refractivity contribution in [3.63, 3.8) is 0 Å². The molecule has 7 heteroatoms. The minimum Gasteiger partial charge on any atom is -0.458 e. The van der Waals surface area contributed by atoms with Gasteiger partial charge in [-0.2, -0.15) is 0 Å². The summed E-state index contributed by atoms with van der Waals surface area (Å²) in [5, 5.41) is 0.463. The molecule has 0 N–H and O–H groups in total. The van der Waals surface area contributed by atoms with Crippen molar-refractivity contribution in [2.75, 3.05) is 0 Å². The van der Waals surface area contributed by atoms with Crippen LogP contribution in [0.2, 0.25) is 0 Å². The molecule has 1 unspecified atom stereocenters. The lowest BCUT2D eigenvalue weighted by Gasteiger charge is -2.14. The third-order valence-corrected chi connectivity index (χ3v) is 4.00. The SMILES string of the molecule is CC(OC(=O)CCn1cnc2ccccc2c1=O)c1ccc(F)cc1F. The van der Waals surface area contributed by atoms with Gasteiger partial charge in [0.15, 0.2) is 0 Å². The topological polar surface area (TPSA) is 61.2 Å². The molecule has 1 atom stereocenters. The molecule has 0 aliphatic carbocycles. The number of aromatic nitrogens is 2. The Labute approximate surface area is 147 Å². The van der Waals surface area contributed by atoms with Crippen molar-refractivity contribution in [2.45, 2.75) is 26.0 Å². The van der Waals surface area contributed by atoms with Crippen LogP contribution in [0.3, 0.4) is 0 Å². The summed E-state index contributed by atoms with van der Waals surface area (Å²) < 4.78 is 33.2. The highest BCUT2D eigenvalue weighted by molar-refractivity contribution is 5.77. The number of nitrogens with zero attached hydrogens (tertiary/aromatic N) is 2. The van der Waals surface area contributed by atoms with Gasteiger partial charge in [-0.15, -0.1) is 0 Å². The van der Waals surface area contributed by atoms with E-state index in [2.05, 4.69) is 4.98 Å². The van der Waals surface area contributed by atoms with Crippen molar-refractivity contribution in [1.82, 2.24) is 9.55 Å². The Morgan fingerprint density at radius 2 is 2.00 bits per heavy atom. The summed E-state index contributed by atoms with van der Waals surface area (Å²) in [6.07, 6.45) is 0.434. The molecule has 1 heterocycles. The van der Waals surface area contributed by atoms with Crippen molar-refractivity contribution in [3.8, 4) is 0 Å². The standard InChI is InChI=1S/C19H16F2N2O3/c1-12(14-7-6-13(20)10-16(14)21)26-18(24)8-9-23-11-22-17-5-3-2-4-15(17)19(23)25/h2-7,10-12H,8-9H2,1H3. The summed E-state index contributed by atoms with van der Waals surface area (Å²) in [5.41, 5.74) is 0.419. The lowest BCUT2D eigenvalue weighted by molar-refractivity contribution is -0.149. The maximum Gasteiger partial charge on any atom is 0.308 e. The highest BCUT2D eigenvalue weighted by Crippen LogP contribution is 2.21. The molecule has 0 amide bonds. The van der Waals surface area contributed by atoms with Gasteiger partial charge >= 0.3 is 5.97 Å². The van der Waals surface area contributed by atoms with Crippen LogP contribution in [-0.2, 0) is 16.1 Å². The van der Waals surface area contributed by atoms with E-state index in [1.807, 2.05) is 0 Å². The second-order valence-electron chi connectivity index (χ2n) is 5.81. The second kappa shape index (κ2) is 7.43. The molecule has 0 saturated carbocycles. The fourth-order valence-corrected chi connectivity index (χ4v) is 2.63. The number of aryl methyl sites for hydroxylation is 1. The molecule has 26 heavy (non-hydrogen) atoms. The molecule has 0 fully saturated rings. The van der Waals surface area contributed by atoms with Crippen LogP contribution in [0.25, 0.3) is 10.9 Å². The smallest absolute Gasteiger partial charge is 0.308 e. The number of carbonyl (C=O) groups excluding carboxylic acids is 1. The Kier molecular flexibility index (Phi) is 5.06. The van der Waals surface area contributed by atoms with Crippen LogP contribution < -0.4 is 5.56 Å². The minimum absolute atomic E-state index is 0.0763. The van der Waals surface area contributed by atoms with Crippen LogP contribution in [-0.4, -0.2) is 15.5 Å². The van der Waals surface area contributed by atoms with Gasteiger partial charge < -0.3 is 4.74 Å². The Hall–Kier alpha value is -3.09. The van der Waals surface area contributed by atoms with Gasteiger partial charge in [0.05, 0.1) is 23.7 Å². The summed E-state index contributed by atoms with van der Waals surface area (Å²) in [5.74, 6) is -2.07. The van der Waals surface area contributed by atoms with Crippen molar-refractivity contribution in [2.24, 2.45) is 0 Å². The quantitative estimate of drug-likeness (QED) is 0.656. The van der Waals surface area contributed by atoms with E-state index < -0.39 is 23.7 Å². The number of benzene rings is 2. The molecule has 0 aliphatic rings. The fraction of sp³-hybridized carbons (Fsp3) is 0.211. The molecule has 5 nitrogen and oxygen atoms in total. The molecule has 134 valence electrons. The van der Waals surface area contributed by atoms with Gasteiger partial charge in [-0.25, -0.2) is 13.8 Å². The molecule has 0 bridgehead atoms. The highest BCUT2D eigenvalue weighted by atomic mass is 19.1. The number of hydrogen-bond donors (Lipinski definition) is 0. The maximum absolute atomic E-state index is 13.7. The van der Waals surface area contributed by atoms with E-state index in [9.17, 15) is 18.4 Å². The van der Waals surface area contributed by atoms with E-state index >= 15 is 0 Å². The van der Waals surface area contributed by atoms with Gasteiger partial charge in [-0.05, 0) is 31.2 Å². The van der Waals surface area contributed by atoms with E-state index in [1.165, 1.54) is 23.9 Å². The first kappa shape index (κ1) is 17.7. The summed E-state index contributed by atoms with van der Waals surface area (Å²) in [4.78, 5) is 28.5. The number of halogens is 2. The van der Waals surface area contributed by atoms with Crippen LogP contribution in [0.4, 0.5) is 8.78 Å². The highest BCUT2D eigenvalue weighted by Gasteiger charge is 2.16. The molecular formula is C19H16F2N2O3. The molecule has 1 aromatic heterocycles. The number of rotatable bonds is 5. The number of ether oxygens (including phenoxy) is 1. The van der Waals surface area contributed by atoms with Crippen LogP contribution in [0.5, 0.6) is 0 Å². The first-order valence-electron chi connectivity index (χ1n) is 8.04. The van der Waals surface area contributed by atoms with E-state index in [4.69, 9.17) is 4.74 Å². The van der Waals surface area contributed by atoms with Gasteiger partial charge in [-0.1, -0.05) is 12.1 Å². The van der Waals surface area contributed by atoms with Crippen LogP contribution in [0.15, 0.2) is 53.6 Å². The van der Waals surface area contributed by atoms with Gasteiger partial charge in [-0.3, -0.25) is 14.2 Å². The number of hydrogen-bond acceptors (Lipinski definition) is 4. The third-order valence-electron chi connectivity index (χ3n) is 4.00. The fourth-order valence-electron chi connectivity index (χ4n) is 2.63. The summed E-state index contributed by atoms with van der Waals surface area (Å²) in [6, 6.07) is 9.99. The summed E-state index contributed by atoms with van der Waals surface area (Å²) in [7, 11) is 0. The molecule has 3 rings (SSSR count). The van der Waals surface area contributed by atoms with E-state index in [0.29, 0.717) is 10.9 Å². The van der Waals surface area contributed by atoms with E-state index in [1.54, 1.807) is 24.3 Å². The molecule has 0 radical (unpaired) electrons. The normalized spacial score (nSPS) is 12.1. The number of carbonyl (C=O) groups is 1.